The topological polar surface area (TPSA) is 63.2 Å². The summed E-state index contributed by atoms with van der Waals surface area (Å²) in [5.41, 5.74) is 1.85. The van der Waals surface area contributed by atoms with Crippen molar-refractivity contribution in [3.63, 3.8) is 0 Å². The highest BCUT2D eigenvalue weighted by atomic mass is 32.1. The molecule has 2 N–H and O–H groups in total. The van der Waals surface area contributed by atoms with E-state index in [0.717, 1.165) is 0 Å². The molecule has 1 atom stereocenters. The van der Waals surface area contributed by atoms with Gasteiger partial charge in [0.25, 0.3) is 5.91 Å². The molecule has 0 saturated carbocycles. The zero-order valence-corrected chi connectivity index (χ0v) is 13.7. The number of hydrogen-bond acceptors (Lipinski definition) is 5. The van der Waals surface area contributed by atoms with E-state index in [0.29, 0.717) is 21.8 Å². The number of benzene rings is 1. The molecule has 1 aromatic heterocycles. The molecule has 118 valence electrons. The summed E-state index contributed by atoms with van der Waals surface area (Å²) in [6, 6.07) is 4.30. The molecule has 0 bridgehead atoms. The number of aromatic nitrogens is 1. The summed E-state index contributed by atoms with van der Waals surface area (Å²) in [6.07, 6.45) is 0. The van der Waals surface area contributed by atoms with Crippen molar-refractivity contribution >= 4 is 22.4 Å². The summed E-state index contributed by atoms with van der Waals surface area (Å²) in [4.78, 5) is 12.4. The molecular formula is C15H18FN3O2S. The third kappa shape index (κ3) is 3.19. The zero-order valence-electron chi connectivity index (χ0n) is 12.9. The molecule has 1 heterocycles. The smallest absolute Gasteiger partial charge is 0.256 e. The number of carbonyl (C=O) groups excluding carboxylic acids is 1. The lowest BCUT2D eigenvalue weighted by Gasteiger charge is -2.15. The van der Waals surface area contributed by atoms with Gasteiger partial charge in [0.2, 0.25) is 0 Å². The summed E-state index contributed by atoms with van der Waals surface area (Å²) < 4.78 is 22.8. The Morgan fingerprint density at radius 2 is 2.18 bits per heavy atom. The number of anilines is 1. The Labute approximate surface area is 132 Å². The van der Waals surface area contributed by atoms with E-state index in [1.165, 1.54) is 24.7 Å². The first-order valence-electron chi connectivity index (χ1n) is 6.76. The van der Waals surface area contributed by atoms with Gasteiger partial charge in [-0.25, -0.2) is 4.39 Å². The number of methoxy groups -OCH3 is 1. The summed E-state index contributed by atoms with van der Waals surface area (Å²) in [5, 5.41) is 6.52. The second-order valence-electron chi connectivity index (χ2n) is 4.81. The van der Waals surface area contributed by atoms with Gasteiger partial charge in [0.15, 0.2) is 11.6 Å². The largest absolute Gasteiger partial charge is 0.494 e. The Morgan fingerprint density at radius 1 is 1.45 bits per heavy atom. The van der Waals surface area contributed by atoms with Crippen molar-refractivity contribution in [1.29, 1.82) is 0 Å². The van der Waals surface area contributed by atoms with Gasteiger partial charge in [0.1, 0.15) is 5.00 Å². The fraction of sp³-hybridized carbons (Fsp3) is 0.333. The Bertz CT molecular complexity index is 687. The van der Waals surface area contributed by atoms with Crippen molar-refractivity contribution in [2.24, 2.45) is 0 Å². The van der Waals surface area contributed by atoms with Gasteiger partial charge in [-0.3, -0.25) is 4.79 Å². The molecule has 0 aliphatic heterocycles. The van der Waals surface area contributed by atoms with Crippen molar-refractivity contribution in [1.82, 2.24) is 9.69 Å². The standard InChI is InChI=1S/C15H18FN3O2S/c1-8(10-5-6-12(21-4)11(16)7-10)18-14(20)13-9(2)19-22-15(13)17-3/h5-8,17H,1-4H3,(H,18,20)/t8-/m1/s1. The molecule has 7 heteroatoms. The lowest BCUT2D eigenvalue weighted by Crippen LogP contribution is -2.27. The SMILES string of the molecule is CNc1snc(C)c1C(=O)N[C@H](C)c1ccc(OC)c(F)c1. The van der Waals surface area contributed by atoms with E-state index in [9.17, 15) is 9.18 Å². The van der Waals surface area contributed by atoms with Crippen LogP contribution in [0.25, 0.3) is 0 Å². The van der Waals surface area contributed by atoms with Crippen molar-refractivity contribution in [2.75, 3.05) is 19.5 Å². The quantitative estimate of drug-likeness (QED) is 0.887. The van der Waals surface area contributed by atoms with Crippen LogP contribution in [-0.4, -0.2) is 24.4 Å². The average Bonchev–Trinajstić information content (AvgIpc) is 2.88. The van der Waals surface area contributed by atoms with Gasteiger partial charge in [-0.2, -0.15) is 4.37 Å². The van der Waals surface area contributed by atoms with Gasteiger partial charge in [-0.05, 0) is 43.1 Å². The number of ether oxygens (including phenoxy) is 1. The summed E-state index contributed by atoms with van der Waals surface area (Å²) in [7, 11) is 3.15. The number of halogens is 1. The highest BCUT2D eigenvalue weighted by Crippen LogP contribution is 2.26. The van der Waals surface area contributed by atoms with Crippen LogP contribution < -0.4 is 15.4 Å². The highest BCUT2D eigenvalue weighted by molar-refractivity contribution is 7.10. The number of nitrogens with one attached hydrogen (secondary N) is 2. The lowest BCUT2D eigenvalue weighted by atomic mass is 10.1. The minimum atomic E-state index is -0.453. The predicted molar refractivity (Wildman–Crippen MR) is 85.2 cm³/mol. The third-order valence-electron chi connectivity index (χ3n) is 3.34. The van der Waals surface area contributed by atoms with Gasteiger partial charge in [0, 0.05) is 7.05 Å². The Kier molecular flexibility index (Phi) is 4.97. The molecule has 22 heavy (non-hydrogen) atoms. The number of hydrogen-bond donors (Lipinski definition) is 2. The molecule has 0 saturated heterocycles. The molecule has 2 aromatic rings. The van der Waals surface area contributed by atoms with Crippen LogP contribution in [0.4, 0.5) is 9.39 Å². The maximum atomic E-state index is 13.7. The van der Waals surface area contributed by atoms with Crippen LogP contribution in [0.2, 0.25) is 0 Å². The molecule has 0 radical (unpaired) electrons. The lowest BCUT2D eigenvalue weighted by molar-refractivity contribution is 0.0940. The molecule has 0 aliphatic carbocycles. The van der Waals surface area contributed by atoms with Gasteiger partial charge in [0.05, 0.1) is 24.4 Å². The summed E-state index contributed by atoms with van der Waals surface area (Å²) in [6.45, 7) is 3.58. The number of aryl methyl sites for hydroxylation is 1. The number of carbonyl (C=O) groups is 1. The predicted octanol–water partition coefficient (Wildman–Crippen LogP) is 3.13. The van der Waals surface area contributed by atoms with E-state index < -0.39 is 5.82 Å². The van der Waals surface area contributed by atoms with E-state index in [-0.39, 0.29) is 17.7 Å². The first kappa shape index (κ1) is 16.2. The van der Waals surface area contributed by atoms with Gasteiger partial charge in [-0.1, -0.05) is 6.07 Å². The summed E-state index contributed by atoms with van der Waals surface area (Å²) >= 11 is 1.24. The molecule has 0 fully saturated rings. The van der Waals surface area contributed by atoms with Gasteiger partial charge >= 0.3 is 0 Å². The monoisotopic (exact) mass is 323 g/mol. The Hall–Kier alpha value is -2.15. The van der Waals surface area contributed by atoms with Crippen LogP contribution >= 0.6 is 11.5 Å². The van der Waals surface area contributed by atoms with Crippen molar-refractivity contribution in [3.8, 4) is 5.75 Å². The summed E-state index contributed by atoms with van der Waals surface area (Å²) in [5.74, 6) is -0.512. The molecular weight excluding hydrogens is 305 g/mol. The third-order valence-corrected chi connectivity index (χ3v) is 4.30. The average molecular weight is 323 g/mol. The molecule has 5 nitrogen and oxygen atoms in total. The van der Waals surface area contributed by atoms with Crippen LogP contribution in [0.3, 0.4) is 0 Å². The number of rotatable bonds is 5. The molecule has 0 unspecified atom stereocenters. The van der Waals surface area contributed by atoms with Crippen molar-refractivity contribution in [3.05, 3.63) is 40.8 Å². The highest BCUT2D eigenvalue weighted by Gasteiger charge is 2.20. The second kappa shape index (κ2) is 6.74. The Morgan fingerprint density at radius 3 is 2.77 bits per heavy atom. The molecule has 1 amide bonds. The van der Waals surface area contributed by atoms with Crippen LogP contribution in [-0.2, 0) is 0 Å². The van der Waals surface area contributed by atoms with E-state index in [4.69, 9.17) is 4.74 Å². The minimum absolute atomic E-state index is 0.178. The minimum Gasteiger partial charge on any atom is -0.494 e. The van der Waals surface area contributed by atoms with E-state index in [1.807, 2.05) is 0 Å². The van der Waals surface area contributed by atoms with Crippen LogP contribution in [0.5, 0.6) is 5.75 Å². The normalized spacial score (nSPS) is 11.9. The van der Waals surface area contributed by atoms with Crippen LogP contribution in [0.1, 0.15) is 34.6 Å². The second-order valence-corrected chi connectivity index (χ2v) is 5.58. The first-order valence-corrected chi connectivity index (χ1v) is 7.53. The maximum absolute atomic E-state index is 13.7. The molecule has 0 aliphatic rings. The number of amides is 1. The Balaban J connectivity index is 2.17. The van der Waals surface area contributed by atoms with E-state index >= 15 is 0 Å². The fourth-order valence-corrected chi connectivity index (χ4v) is 2.85. The van der Waals surface area contributed by atoms with Crippen LogP contribution in [0.15, 0.2) is 18.2 Å². The van der Waals surface area contributed by atoms with Crippen molar-refractivity contribution in [2.45, 2.75) is 19.9 Å². The van der Waals surface area contributed by atoms with Crippen LogP contribution in [0, 0.1) is 12.7 Å². The number of nitrogens with zero attached hydrogens (tertiary/aromatic N) is 1. The maximum Gasteiger partial charge on any atom is 0.256 e. The molecule has 2 rings (SSSR count). The zero-order chi connectivity index (χ0) is 16.3. The molecule has 1 aromatic carbocycles. The fourth-order valence-electron chi connectivity index (χ4n) is 2.11. The van der Waals surface area contributed by atoms with Gasteiger partial charge in [-0.15, -0.1) is 0 Å². The van der Waals surface area contributed by atoms with Gasteiger partial charge < -0.3 is 15.4 Å². The first-order chi connectivity index (χ1) is 10.5. The molecule has 0 spiro atoms. The van der Waals surface area contributed by atoms with Crippen molar-refractivity contribution < 1.29 is 13.9 Å². The van der Waals surface area contributed by atoms with E-state index in [1.54, 1.807) is 33.0 Å². The van der Waals surface area contributed by atoms with E-state index in [2.05, 4.69) is 15.0 Å².